The van der Waals surface area contributed by atoms with E-state index in [0.29, 0.717) is 33.6 Å². The van der Waals surface area contributed by atoms with E-state index < -0.39 is 10.0 Å². The zero-order valence-electron chi connectivity index (χ0n) is 16.3. The van der Waals surface area contributed by atoms with Gasteiger partial charge in [0.2, 0.25) is 5.82 Å². The molecule has 4 rings (SSSR count). The number of sulfonamides is 1. The molecule has 0 amide bonds. The van der Waals surface area contributed by atoms with Gasteiger partial charge < -0.3 is 9.26 Å². The number of aromatic nitrogens is 2. The van der Waals surface area contributed by atoms with Crippen molar-refractivity contribution in [3.8, 4) is 27.9 Å². The topological polar surface area (TPSA) is 94.3 Å². The Morgan fingerprint density at radius 1 is 1.10 bits per heavy atom. The maximum atomic E-state index is 12.9. The molecular formula is C21H19N3O4S2. The molecule has 0 aliphatic carbocycles. The van der Waals surface area contributed by atoms with Gasteiger partial charge in [0.1, 0.15) is 10.6 Å². The largest absolute Gasteiger partial charge is 0.494 e. The lowest BCUT2D eigenvalue weighted by molar-refractivity contribution is 0.340. The first-order chi connectivity index (χ1) is 14.5. The van der Waals surface area contributed by atoms with Gasteiger partial charge in [0, 0.05) is 16.1 Å². The first-order valence-electron chi connectivity index (χ1n) is 9.22. The molecule has 30 heavy (non-hydrogen) atoms. The van der Waals surface area contributed by atoms with Crippen LogP contribution in [-0.2, 0) is 10.0 Å². The number of hydrogen-bond donors (Lipinski definition) is 1. The van der Waals surface area contributed by atoms with Crippen LogP contribution < -0.4 is 9.46 Å². The minimum Gasteiger partial charge on any atom is -0.494 e. The summed E-state index contributed by atoms with van der Waals surface area (Å²) in [6, 6.07) is 17.8. The van der Waals surface area contributed by atoms with Crippen molar-refractivity contribution in [2.24, 2.45) is 0 Å². The Morgan fingerprint density at radius 2 is 1.83 bits per heavy atom. The van der Waals surface area contributed by atoms with Crippen LogP contribution in [0.1, 0.15) is 11.8 Å². The second kappa shape index (κ2) is 8.29. The third-order valence-electron chi connectivity index (χ3n) is 4.25. The number of nitrogens with zero attached hydrogens (tertiary/aromatic N) is 2. The van der Waals surface area contributed by atoms with Crippen LogP contribution in [0.5, 0.6) is 5.75 Å². The fourth-order valence-corrected chi connectivity index (χ4v) is 5.43. The molecule has 0 saturated carbocycles. The highest BCUT2D eigenvalue weighted by Crippen LogP contribution is 2.34. The Hall–Kier alpha value is -3.17. The van der Waals surface area contributed by atoms with Gasteiger partial charge in [0.25, 0.3) is 15.9 Å². The number of rotatable bonds is 7. The molecule has 0 radical (unpaired) electrons. The summed E-state index contributed by atoms with van der Waals surface area (Å²) in [6.45, 7) is 4.18. The minimum absolute atomic E-state index is 0.177. The van der Waals surface area contributed by atoms with Crippen LogP contribution in [0, 0.1) is 6.92 Å². The molecule has 2 aromatic carbocycles. The first-order valence-corrected chi connectivity index (χ1v) is 11.5. The highest BCUT2D eigenvalue weighted by atomic mass is 32.2. The molecule has 1 N–H and O–H groups in total. The lowest BCUT2D eigenvalue weighted by Gasteiger charge is -2.08. The van der Waals surface area contributed by atoms with Crippen molar-refractivity contribution in [3.05, 3.63) is 65.5 Å². The van der Waals surface area contributed by atoms with E-state index in [2.05, 4.69) is 14.9 Å². The van der Waals surface area contributed by atoms with E-state index in [1.165, 1.54) is 11.3 Å². The molecule has 0 fully saturated rings. The number of benzene rings is 2. The molecule has 0 saturated heterocycles. The smallest absolute Gasteiger partial charge is 0.268 e. The summed E-state index contributed by atoms with van der Waals surface area (Å²) in [7, 11) is -3.77. The van der Waals surface area contributed by atoms with Gasteiger partial charge in [-0.1, -0.05) is 35.5 Å². The summed E-state index contributed by atoms with van der Waals surface area (Å²) in [5.41, 5.74) is 1.28. The van der Waals surface area contributed by atoms with Crippen LogP contribution in [0.15, 0.2) is 70.1 Å². The molecule has 154 valence electrons. The molecule has 0 aliphatic rings. The van der Waals surface area contributed by atoms with Crippen LogP contribution in [0.2, 0.25) is 0 Å². The minimum atomic E-state index is -3.77. The standard InChI is InChI=1S/C21H19N3O4S2/c1-3-27-17-11-9-16(10-12-17)24-30(25,26)19-13-18(29-14(19)2)21-22-20(23-28-21)15-7-5-4-6-8-15/h4-13,24H,3H2,1-2H3. The highest BCUT2D eigenvalue weighted by Gasteiger charge is 2.23. The molecule has 2 heterocycles. The quantitative estimate of drug-likeness (QED) is 0.435. The molecule has 9 heteroatoms. The molecule has 2 aromatic heterocycles. The highest BCUT2D eigenvalue weighted by molar-refractivity contribution is 7.93. The van der Waals surface area contributed by atoms with E-state index in [-0.39, 0.29) is 10.8 Å². The van der Waals surface area contributed by atoms with E-state index >= 15 is 0 Å². The SMILES string of the molecule is CCOc1ccc(NS(=O)(=O)c2cc(-c3nc(-c4ccccc4)no3)sc2C)cc1. The fraction of sp³-hybridized carbons (Fsp3) is 0.143. The average molecular weight is 442 g/mol. The Labute approximate surface area is 178 Å². The van der Waals surface area contributed by atoms with Crippen LogP contribution in [0.3, 0.4) is 0 Å². The van der Waals surface area contributed by atoms with Crippen LogP contribution in [-0.4, -0.2) is 25.2 Å². The molecule has 0 atom stereocenters. The number of nitrogens with one attached hydrogen (secondary N) is 1. The molecule has 4 aromatic rings. The van der Waals surface area contributed by atoms with Crippen LogP contribution in [0.25, 0.3) is 22.2 Å². The zero-order valence-corrected chi connectivity index (χ0v) is 18.0. The van der Waals surface area contributed by atoms with Crippen molar-refractivity contribution in [1.82, 2.24) is 10.1 Å². The Balaban J connectivity index is 1.58. The van der Waals surface area contributed by atoms with Gasteiger partial charge in [-0.25, -0.2) is 8.42 Å². The number of ether oxygens (including phenoxy) is 1. The predicted molar refractivity (Wildman–Crippen MR) is 116 cm³/mol. The van der Waals surface area contributed by atoms with Gasteiger partial charge >= 0.3 is 0 Å². The van der Waals surface area contributed by atoms with Crippen molar-refractivity contribution in [2.75, 3.05) is 11.3 Å². The van der Waals surface area contributed by atoms with Crippen molar-refractivity contribution in [1.29, 1.82) is 0 Å². The lowest BCUT2D eigenvalue weighted by Crippen LogP contribution is -2.13. The second-order valence-corrected chi connectivity index (χ2v) is 9.29. The van der Waals surface area contributed by atoms with Gasteiger partial charge in [-0.15, -0.1) is 11.3 Å². The van der Waals surface area contributed by atoms with Gasteiger partial charge in [0.05, 0.1) is 11.5 Å². The third-order valence-corrected chi connectivity index (χ3v) is 6.92. The summed E-state index contributed by atoms with van der Waals surface area (Å²) in [4.78, 5) is 5.80. The Kier molecular flexibility index (Phi) is 5.56. The zero-order chi connectivity index (χ0) is 21.1. The molecule has 0 bridgehead atoms. The molecule has 0 aliphatic heterocycles. The van der Waals surface area contributed by atoms with Crippen molar-refractivity contribution in [2.45, 2.75) is 18.7 Å². The van der Waals surface area contributed by atoms with Gasteiger partial charge in [-0.05, 0) is 44.2 Å². The first kappa shape index (κ1) is 20.1. The van der Waals surface area contributed by atoms with E-state index in [1.807, 2.05) is 37.3 Å². The molecule has 0 unspecified atom stereocenters. The van der Waals surface area contributed by atoms with E-state index in [4.69, 9.17) is 9.26 Å². The summed E-state index contributed by atoms with van der Waals surface area (Å²) >= 11 is 1.29. The van der Waals surface area contributed by atoms with Crippen molar-refractivity contribution in [3.63, 3.8) is 0 Å². The second-order valence-electron chi connectivity index (χ2n) is 6.38. The summed E-state index contributed by atoms with van der Waals surface area (Å²) in [5, 5.41) is 4.00. The van der Waals surface area contributed by atoms with Crippen molar-refractivity contribution < 1.29 is 17.7 Å². The molecule has 0 spiro atoms. The monoisotopic (exact) mass is 441 g/mol. The Bertz CT molecular complexity index is 1250. The number of anilines is 1. The van der Waals surface area contributed by atoms with Crippen LogP contribution >= 0.6 is 11.3 Å². The number of aryl methyl sites for hydroxylation is 1. The van der Waals surface area contributed by atoms with Crippen molar-refractivity contribution >= 4 is 27.0 Å². The average Bonchev–Trinajstić information content (AvgIpc) is 3.37. The van der Waals surface area contributed by atoms with E-state index in [1.54, 1.807) is 37.3 Å². The molecular weight excluding hydrogens is 422 g/mol. The lowest BCUT2D eigenvalue weighted by atomic mass is 10.2. The third kappa shape index (κ3) is 4.22. The predicted octanol–water partition coefficient (Wildman–Crippen LogP) is 4.97. The number of thiophene rings is 1. The Morgan fingerprint density at radius 3 is 2.53 bits per heavy atom. The summed E-state index contributed by atoms with van der Waals surface area (Å²) in [5.74, 6) is 1.41. The maximum Gasteiger partial charge on any atom is 0.268 e. The summed E-state index contributed by atoms with van der Waals surface area (Å²) < 4.78 is 39.1. The number of hydrogen-bond acceptors (Lipinski definition) is 7. The fourth-order valence-electron chi connectivity index (χ4n) is 2.86. The van der Waals surface area contributed by atoms with E-state index in [9.17, 15) is 8.42 Å². The van der Waals surface area contributed by atoms with Crippen LogP contribution in [0.4, 0.5) is 5.69 Å². The maximum absolute atomic E-state index is 12.9. The normalized spacial score (nSPS) is 11.4. The molecule has 7 nitrogen and oxygen atoms in total. The van der Waals surface area contributed by atoms with Gasteiger partial charge in [-0.3, -0.25) is 4.72 Å². The van der Waals surface area contributed by atoms with Gasteiger partial charge in [-0.2, -0.15) is 4.98 Å². The summed E-state index contributed by atoms with van der Waals surface area (Å²) in [6.07, 6.45) is 0. The van der Waals surface area contributed by atoms with E-state index in [0.717, 1.165) is 5.56 Å². The van der Waals surface area contributed by atoms with Gasteiger partial charge in [0.15, 0.2) is 0 Å².